The van der Waals surface area contributed by atoms with Crippen molar-refractivity contribution in [3.8, 4) is 0 Å². The highest BCUT2D eigenvalue weighted by Crippen LogP contribution is 2.30. The van der Waals surface area contributed by atoms with Crippen LogP contribution in [0.15, 0.2) is 12.1 Å². The van der Waals surface area contributed by atoms with Crippen molar-refractivity contribution < 1.29 is 9.90 Å². The number of hydrogen-bond acceptors (Lipinski definition) is 4. The second-order valence-electron chi connectivity index (χ2n) is 7.69. The van der Waals surface area contributed by atoms with E-state index in [1.807, 2.05) is 23.3 Å². The van der Waals surface area contributed by atoms with Crippen LogP contribution in [0.3, 0.4) is 0 Å². The lowest BCUT2D eigenvalue weighted by Gasteiger charge is -2.25. The Morgan fingerprint density at radius 3 is 2.70 bits per heavy atom. The summed E-state index contributed by atoms with van der Waals surface area (Å²) in [7, 11) is 1.93. The molecule has 0 radical (unpaired) electrons. The number of thiophene rings is 1. The van der Waals surface area contributed by atoms with Gasteiger partial charge in [0.25, 0.3) is 0 Å². The Morgan fingerprint density at radius 1 is 1.35 bits per heavy atom. The maximum absolute atomic E-state index is 10.9. The van der Waals surface area contributed by atoms with Crippen LogP contribution in [-0.4, -0.2) is 53.6 Å². The topological polar surface area (TPSA) is 43.8 Å². The van der Waals surface area contributed by atoms with E-state index in [2.05, 4.69) is 37.8 Å². The Hall–Kier alpha value is -0.910. The third kappa shape index (κ3) is 5.59. The van der Waals surface area contributed by atoms with Crippen LogP contribution >= 0.6 is 11.3 Å². The van der Waals surface area contributed by atoms with Gasteiger partial charge in [0.1, 0.15) is 0 Å². The van der Waals surface area contributed by atoms with Crippen LogP contribution < -0.4 is 0 Å². The number of carboxylic acids is 1. The fraction of sp³-hybridized carbons (Fsp3) is 0.722. The van der Waals surface area contributed by atoms with Crippen molar-refractivity contribution in [1.29, 1.82) is 0 Å². The van der Waals surface area contributed by atoms with E-state index in [4.69, 9.17) is 5.11 Å². The number of hydrogen-bond donors (Lipinski definition) is 1. The van der Waals surface area contributed by atoms with E-state index in [9.17, 15) is 4.79 Å². The first-order valence-corrected chi connectivity index (χ1v) is 9.31. The number of likely N-dealkylation sites (tertiary alicyclic amines) is 1. The van der Waals surface area contributed by atoms with Crippen molar-refractivity contribution in [1.82, 2.24) is 9.80 Å². The predicted molar refractivity (Wildman–Crippen MR) is 96.2 cm³/mol. The van der Waals surface area contributed by atoms with Gasteiger partial charge in [0.15, 0.2) is 0 Å². The Bertz CT molecular complexity index is 521. The normalized spacial score (nSPS) is 20.7. The third-order valence-corrected chi connectivity index (χ3v) is 6.07. The molecule has 1 unspecified atom stereocenters. The average Bonchev–Trinajstić information content (AvgIpc) is 2.77. The number of aliphatic carboxylic acids is 1. The van der Waals surface area contributed by atoms with E-state index < -0.39 is 5.97 Å². The zero-order valence-corrected chi connectivity index (χ0v) is 15.7. The highest BCUT2D eigenvalue weighted by atomic mass is 32.1. The summed E-state index contributed by atoms with van der Waals surface area (Å²) in [5.74, 6) is -0.734. The molecule has 1 N–H and O–H groups in total. The second-order valence-corrected chi connectivity index (χ2v) is 8.85. The van der Waals surface area contributed by atoms with Gasteiger partial charge < -0.3 is 5.11 Å². The number of carbonyl (C=O) groups is 1. The molecule has 1 aliphatic rings. The monoisotopic (exact) mass is 338 g/mol. The first kappa shape index (κ1) is 18.4. The number of likely N-dealkylation sites (N-methyl/N-ethyl adjacent to an activating group) is 1. The summed E-state index contributed by atoms with van der Waals surface area (Å²) >= 11 is 1.93. The minimum Gasteiger partial charge on any atom is -0.480 e. The molecule has 0 aromatic carbocycles. The Morgan fingerprint density at radius 2 is 2.09 bits per heavy atom. The molecule has 5 heteroatoms. The van der Waals surface area contributed by atoms with Crippen LogP contribution in [0.1, 0.15) is 49.8 Å². The smallest absolute Gasteiger partial charge is 0.317 e. The molecule has 130 valence electrons. The summed E-state index contributed by atoms with van der Waals surface area (Å²) in [6, 6.07) is 4.93. The van der Waals surface area contributed by atoms with Crippen molar-refractivity contribution in [2.45, 2.75) is 58.0 Å². The standard InChI is InChI=1S/C18H30N2O2S/c1-18(2,3)16-8-7-15(23-16)12-20-10-5-6-14(9-11-20)19(4)13-17(21)22/h7-8,14H,5-6,9-13H2,1-4H3,(H,21,22). The lowest BCUT2D eigenvalue weighted by Crippen LogP contribution is -2.36. The Labute approximate surface area is 144 Å². The first-order valence-electron chi connectivity index (χ1n) is 8.49. The molecule has 0 bridgehead atoms. The minimum absolute atomic E-state index is 0.143. The minimum atomic E-state index is -0.734. The van der Waals surface area contributed by atoms with Crippen LogP contribution in [0.4, 0.5) is 0 Å². The highest BCUT2D eigenvalue weighted by Gasteiger charge is 2.22. The van der Waals surface area contributed by atoms with Gasteiger partial charge in [0, 0.05) is 28.9 Å². The second kappa shape index (κ2) is 7.77. The molecule has 0 aliphatic carbocycles. The molecule has 4 nitrogen and oxygen atoms in total. The van der Waals surface area contributed by atoms with Crippen LogP contribution in [0.25, 0.3) is 0 Å². The fourth-order valence-corrected chi connectivity index (χ4v) is 4.27. The molecule has 1 atom stereocenters. The highest BCUT2D eigenvalue weighted by molar-refractivity contribution is 7.12. The Balaban J connectivity index is 1.88. The molecule has 1 aliphatic heterocycles. The fourth-order valence-electron chi connectivity index (χ4n) is 3.17. The lowest BCUT2D eigenvalue weighted by atomic mass is 9.95. The lowest BCUT2D eigenvalue weighted by molar-refractivity contribution is -0.138. The van der Waals surface area contributed by atoms with Gasteiger partial charge in [-0.2, -0.15) is 0 Å². The van der Waals surface area contributed by atoms with E-state index in [-0.39, 0.29) is 12.0 Å². The molecule has 0 saturated carbocycles. The molecule has 2 heterocycles. The SMILES string of the molecule is CN(CC(=O)O)C1CCCN(Cc2ccc(C(C)(C)C)s2)CC1. The summed E-state index contributed by atoms with van der Waals surface area (Å²) < 4.78 is 0. The summed E-state index contributed by atoms with van der Waals surface area (Å²) in [6.07, 6.45) is 3.30. The zero-order valence-electron chi connectivity index (χ0n) is 14.8. The van der Waals surface area contributed by atoms with Crippen molar-refractivity contribution in [2.24, 2.45) is 0 Å². The molecular formula is C18H30N2O2S. The van der Waals surface area contributed by atoms with E-state index >= 15 is 0 Å². The van der Waals surface area contributed by atoms with E-state index in [0.29, 0.717) is 6.04 Å². The summed E-state index contributed by atoms with van der Waals surface area (Å²) in [5, 5.41) is 8.95. The third-order valence-electron chi connectivity index (χ3n) is 4.58. The molecule has 1 aromatic rings. The van der Waals surface area contributed by atoms with Gasteiger partial charge in [-0.3, -0.25) is 14.6 Å². The predicted octanol–water partition coefficient (Wildman–Crippen LogP) is 3.42. The van der Waals surface area contributed by atoms with Gasteiger partial charge in [-0.15, -0.1) is 11.3 Å². The maximum atomic E-state index is 10.9. The van der Waals surface area contributed by atoms with Gasteiger partial charge in [-0.1, -0.05) is 20.8 Å². The van der Waals surface area contributed by atoms with Crippen LogP contribution in [0.2, 0.25) is 0 Å². The van der Waals surface area contributed by atoms with Crippen molar-refractivity contribution >= 4 is 17.3 Å². The quantitative estimate of drug-likeness (QED) is 0.893. The van der Waals surface area contributed by atoms with Gasteiger partial charge in [0.05, 0.1) is 6.54 Å². The van der Waals surface area contributed by atoms with E-state index in [0.717, 1.165) is 38.9 Å². The summed E-state index contributed by atoms with van der Waals surface area (Å²) in [5.41, 5.74) is 0.229. The van der Waals surface area contributed by atoms with Crippen molar-refractivity contribution in [3.05, 3.63) is 21.9 Å². The molecule has 1 saturated heterocycles. The Kier molecular flexibility index (Phi) is 6.23. The van der Waals surface area contributed by atoms with E-state index in [1.54, 1.807) is 0 Å². The van der Waals surface area contributed by atoms with Crippen LogP contribution in [0.5, 0.6) is 0 Å². The molecule has 0 spiro atoms. The first-order chi connectivity index (χ1) is 10.8. The largest absolute Gasteiger partial charge is 0.480 e. The molecule has 2 rings (SSSR count). The summed E-state index contributed by atoms with van der Waals surface area (Å²) in [6.45, 7) is 10.1. The summed E-state index contributed by atoms with van der Waals surface area (Å²) in [4.78, 5) is 18.3. The van der Waals surface area contributed by atoms with Crippen molar-refractivity contribution in [2.75, 3.05) is 26.7 Å². The van der Waals surface area contributed by atoms with Gasteiger partial charge in [-0.25, -0.2) is 0 Å². The molecular weight excluding hydrogens is 308 g/mol. The molecule has 23 heavy (non-hydrogen) atoms. The number of rotatable bonds is 5. The zero-order chi connectivity index (χ0) is 17.0. The number of nitrogens with zero attached hydrogens (tertiary/aromatic N) is 2. The van der Waals surface area contributed by atoms with Gasteiger partial charge in [0.2, 0.25) is 0 Å². The van der Waals surface area contributed by atoms with Crippen LogP contribution in [0, 0.1) is 0 Å². The van der Waals surface area contributed by atoms with Crippen molar-refractivity contribution in [3.63, 3.8) is 0 Å². The van der Waals surface area contributed by atoms with E-state index in [1.165, 1.54) is 9.75 Å². The average molecular weight is 339 g/mol. The van der Waals surface area contributed by atoms with Gasteiger partial charge >= 0.3 is 5.97 Å². The molecule has 1 fully saturated rings. The maximum Gasteiger partial charge on any atom is 0.317 e. The van der Waals surface area contributed by atoms with Gasteiger partial charge in [-0.05, 0) is 50.4 Å². The molecule has 0 amide bonds. The number of carboxylic acid groups (broad SMARTS) is 1. The molecule has 1 aromatic heterocycles. The van der Waals surface area contributed by atoms with Crippen LogP contribution in [-0.2, 0) is 16.8 Å².